The summed E-state index contributed by atoms with van der Waals surface area (Å²) in [5, 5.41) is 13.1. The van der Waals surface area contributed by atoms with Gasteiger partial charge < -0.3 is 5.32 Å². The fraction of sp³-hybridized carbons (Fsp3) is 0.217. The Morgan fingerprint density at radius 2 is 1.58 bits per heavy atom. The molecule has 2 aromatic rings. The number of carbonyl (C=O) groups is 1. The standard InChI is InChI=1S/C23H20N2O/c1-15-19(14-24)22(17-10-6-3-7-11-17)23-20(25-15)12-18(13-21(23)26)16-8-4-2-5-9-16/h2-11,18,22,25H,12-13H2,1H3/t18-,22+/m1/s1. The van der Waals surface area contributed by atoms with Gasteiger partial charge in [0.25, 0.3) is 0 Å². The average molecular weight is 340 g/mol. The van der Waals surface area contributed by atoms with Gasteiger partial charge in [0, 0.05) is 23.4 Å². The number of Topliss-reactive ketones (excluding diaryl/α,β-unsaturated/α-hetero) is 1. The Morgan fingerprint density at radius 3 is 2.19 bits per heavy atom. The van der Waals surface area contributed by atoms with E-state index in [4.69, 9.17) is 0 Å². The van der Waals surface area contributed by atoms with Gasteiger partial charge in [-0.2, -0.15) is 5.26 Å². The fourth-order valence-corrected chi connectivity index (χ4v) is 4.13. The smallest absolute Gasteiger partial charge is 0.162 e. The molecule has 128 valence electrons. The molecular formula is C23H20N2O. The molecule has 0 radical (unpaired) electrons. The summed E-state index contributed by atoms with van der Waals surface area (Å²) in [6.45, 7) is 1.93. The molecule has 0 aromatic heterocycles. The lowest BCUT2D eigenvalue weighted by molar-refractivity contribution is -0.116. The van der Waals surface area contributed by atoms with E-state index in [0.717, 1.165) is 29.0 Å². The van der Waals surface area contributed by atoms with Crippen molar-refractivity contribution in [2.75, 3.05) is 0 Å². The molecule has 3 nitrogen and oxygen atoms in total. The molecule has 0 fully saturated rings. The number of hydrogen-bond acceptors (Lipinski definition) is 3. The maximum Gasteiger partial charge on any atom is 0.162 e. The number of benzene rings is 2. The maximum atomic E-state index is 13.1. The fourth-order valence-electron chi connectivity index (χ4n) is 4.13. The van der Waals surface area contributed by atoms with Crippen molar-refractivity contribution >= 4 is 5.78 Å². The minimum atomic E-state index is -0.262. The second-order valence-electron chi connectivity index (χ2n) is 6.95. The third-order valence-electron chi connectivity index (χ3n) is 5.35. The molecule has 3 heteroatoms. The molecule has 0 bridgehead atoms. The molecule has 0 unspecified atom stereocenters. The lowest BCUT2D eigenvalue weighted by atomic mass is 9.72. The summed E-state index contributed by atoms with van der Waals surface area (Å²) in [6.07, 6.45) is 1.29. The van der Waals surface area contributed by atoms with Crippen LogP contribution in [0.4, 0.5) is 0 Å². The van der Waals surface area contributed by atoms with Gasteiger partial charge in [-0.25, -0.2) is 0 Å². The largest absolute Gasteiger partial charge is 0.361 e. The van der Waals surface area contributed by atoms with Crippen molar-refractivity contribution in [1.29, 1.82) is 5.26 Å². The summed E-state index contributed by atoms with van der Waals surface area (Å²) in [4.78, 5) is 13.1. The minimum Gasteiger partial charge on any atom is -0.361 e. The van der Waals surface area contributed by atoms with Crippen LogP contribution in [-0.2, 0) is 4.79 Å². The lowest BCUT2D eigenvalue weighted by Gasteiger charge is -2.35. The van der Waals surface area contributed by atoms with Crippen LogP contribution < -0.4 is 5.32 Å². The van der Waals surface area contributed by atoms with Crippen LogP contribution in [0.15, 0.2) is 83.2 Å². The SMILES string of the molecule is CC1=C(C#N)[C@H](c2ccccc2)C2=C(C[C@@H](c3ccccc3)CC2=O)N1. The van der Waals surface area contributed by atoms with E-state index in [9.17, 15) is 10.1 Å². The van der Waals surface area contributed by atoms with Crippen LogP contribution in [-0.4, -0.2) is 5.78 Å². The van der Waals surface area contributed by atoms with E-state index >= 15 is 0 Å². The normalized spacial score (nSPS) is 22.5. The van der Waals surface area contributed by atoms with Gasteiger partial charge in [0.2, 0.25) is 0 Å². The third-order valence-corrected chi connectivity index (χ3v) is 5.35. The molecule has 1 aliphatic heterocycles. The predicted molar refractivity (Wildman–Crippen MR) is 101 cm³/mol. The van der Waals surface area contributed by atoms with Crippen molar-refractivity contribution in [3.8, 4) is 6.07 Å². The first-order valence-electron chi connectivity index (χ1n) is 8.93. The van der Waals surface area contributed by atoms with Crippen molar-refractivity contribution in [2.45, 2.75) is 31.6 Å². The van der Waals surface area contributed by atoms with Crippen LogP contribution >= 0.6 is 0 Å². The Hall–Kier alpha value is -3.12. The highest BCUT2D eigenvalue weighted by molar-refractivity contribution is 6.00. The van der Waals surface area contributed by atoms with Gasteiger partial charge in [-0.3, -0.25) is 4.79 Å². The topological polar surface area (TPSA) is 52.9 Å². The summed E-state index contributed by atoms with van der Waals surface area (Å²) < 4.78 is 0. The Balaban J connectivity index is 1.79. The molecule has 0 spiro atoms. The third kappa shape index (κ3) is 2.74. The van der Waals surface area contributed by atoms with Gasteiger partial charge in [0.1, 0.15) is 0 Å². The first-order chi connectivity index (χ1) is 12.7. The molecule has 2 aliphatic rings. The summed E-state index contributed by atoms with van der Waals surface area (Å²) in [6, 6.07) is 22.4. The first kappa shape index (κ1) is 16.4. The zero-order valence-electron chi connectivity index (χ0n) is 14.7. The van der Waals surface area contributed by atoms with Gasteiger partial charge in [0.15, 0.2) is 5.78 Å². The van der Waals surface area contributed by atoms with Gasteiger partial charge in [-0.1, -0.05) is 60.7 Å². The zero-order chi connectivity index (χ0) is 18.1. The summed E-state index contributed by atoms with van der Waals surface area (Å²) in [7, 11) is 0. The highest BCUT2D eigenvalue weighted by Crippen LogP contribution is 2.44. The Morgan fingerprint density at radius 1 is 0.962 bits per heavy atom. The van der Waals surface area contributed by atoms with Crippen LogP contribution in [0.3, 0.4) is 0 Å². The van der Waals surface area contributed by atoms with E-state index in [1.165, 1.54) is 5.56 Å². The van der Waals surface area contributed by atoms with Crippen LogP contribution in [0, 0.1) is 11.3 Å². The minimum absolute atomic E-state index is 0.140. The number of nitrogens with one attached hydrogen (secondary N) is 1. The number of allylic oxidation sites excluding steroid dienone is 4. The van der Waals surface area contributed by atoms with Gasteiger partial charge in [0.05, 0.1) is 17.6 Å². The van der Waals surface area contributed by atoms with Crippen molar-refractivity contribution < 1.29 is 4.79 Å². The highest BCUT2D eigenvalue weighted by Gasteiger charge is 2.38. The van der Waals surface area contributed by atoms with Crippen molar-refractivity contribution in [3.63, 3.8) is 0 Å². The van der Waals surface area contributed by atoms with Gasteiger partial charge in [-0.05, 0) is 30.4 Å². The van der Waals surface area contributed by atoms with E-state index in [2.05, 4.69) is 23.5 Å². The second kappa shape index (κ2) is 6.65. The number of nitrogens with zero attached hydrogens (tertiary/aromatic N) is 1. The molecular weight excluding hydrogens is 320 g/mol. The van der Waals surface area contributed by atoms with Crippen molar-refractivity contribution in [2.24, 2.45) is 0 Å². The van der Waals surface area contributed by atoms with E-state index in [1.807, 2.05) is 55.5 Å². The molecule has 1 heterocycles. The second-order valence-corrected chi connectivity index (χ2v) is 6.95. The number of carbonyl (C=O) groups excluding carboxylic acids is 1. The molecule has 0 amide bonds. The molecule has 2 aromatic carbocycles. The van der Waals surface area contributed by atoms with Crippen LogP contribution in [0.2, 0.25) is 0 Å². The number of nitriles is 1. The summed E-state index contributed by atoms with van der Waals surface area (Å²) in [5.74, 6) is 0.0613. The van der Waals surface area contributed by atoms with E-state index < -0.39 is 0 Å². The predicted octanol–water partition coefficient (Wildman–Crippen LogP) is 4.57. The molecule has 4 rings (SSSR count). The highest BCUT2D eigenvalue weighted by atomic mass is 16.1. The van der Waals surface area contributed by atoms with E-state index in [-0.39, 0.29) is 17.6 Å². The Bertz CT molecular complexity index is 949. The average Bonchev–Trinajstić information content (AvgIpc) is 2.68. The molecule has 26 heavy (non-hydrogen) atoms. The number of ketones is 1. The molecule has 0 saturated heterocycles. The van der Waals surface area contributed by atoms with Crippen LogP contribution in [0.25, 0.3) is 0 Å². The Kier molecular flexibility index (Phi) is 4.18. The number of rotatable bonds is 2. The van der Waals surface area contributed by atoms with Crippen molar-refractivity contribution in [3.05, 3.63) is 94.3 Å². The van der Waals surface area contributed by atoms with Gasteiger partial charge >= 0.3 is 0 Å². The summed E-state index contributed by atoms with van der Waals surface area (Å²) in [5.41, 5.74) is 5.43. The molecule has 1 aliphatic carbocycles. The quantitative estimate of drug-likeness (QED) is 0.871. The van der Waals surface area contributed by atoms with Gasteiger partial charge in [-0.15, -0.1) is 0 Å². The Labute approximate surface area is 153 Å². The molecule has 2 atom stereocenters. The molecule has 1 N–H and O–H groups in total. The summed E-state index contributed by atoms with van der Waals surface area (Å²) >= 11 is 0. The maximum absolute atomic E-state index is 13.1. The van der Waals surface area contributed by atoms with E-state index in [0.29, 0.717) is 12.0 Å². The van der Waals surface area contributed by atoms with Crippen molar-refractivity contribution in [1.82, 2.24) is 5.32 Å². The number of hydrogen-bond donors (Lipinski definition) is 1. The van der Waals surface area contributed by atoms with Crippen LogP contribution in [0.1, 0.15) is 42.7 Å². The first-order valence-corrected chi connectivity index (χ1v) is 8.93. The van der Waals surface area contributed by atoms with Crippen LogP contribution in [0.5, 0.6) is 0 Å². The zero-order valence-corrected chi connectivity index (χ0v) is 14.7. The number of dihydropyridines is 1. The monoisotopic (exact) mass is 340 g/mol. The molecule has 0 saturated carbocycles. The lowest BCUT2D eigenvalue weighted by Crippen LogP contribution is -2.33. The van der Waals surface area contributed by atoms with E-state index in [1.54, 1.807) is 0 Å².